The molecular formula is C26H34N4O2. The van der Waals surface area contributed by atoms with Crippen LogP contribution in [0.15, 0.2) is 54.7 Å². The Kier molecular flexibility index (Phi) is 8.72. The first kappa shape index (κ1) is 23.4. The summed E-state index contributed by atoms with van der Waals surface area (Å²) in [6, 6.07) is 15.6. The number of amides is 2. The summed E-state index contributed by atoms with van der Waals surface area (Å²) in [4.78, 5) is 16.9. The average molecular weight is 435 g/mol. The van der Waals surface area contributed by atoms with Gasteiger partial charge in [-0.2, -0.15) is 0 Å². The van der Waals surface area contributed by atoms with Crippen molar-refractivity contribution in [1.82, 2.24) is 14.9 Å². The summed E-state index contributed by atoms with van der Waals surface area (Å²) in [6.07, 6.45) is 6.17. The van der Waals surface area contributed by atoms with Gasteiger partial charge in [-0.3, -0.25) is 0 Å². The molecule has 0 aliphatic heterocycles. The van der Waals surface area contributed by atoms with Crippen LogP contribution >= 0.6 is 0 Å². The van der Waals surface area contributed by atoms with Crippen LogP contribution in [0.5, 0.6) is 5.75 Å². The van der Waals surface area contributed by atoms with Crippen LogP contribution in [-0.2, 0) is 6.54 Å². The first-order valence-electron chi connectivity index (χ1n) is 11.4. The number of aryl methyl sites for hydroxylation is 3. The highest BCUT2D eigenvalue weighted by atomic mass is 16.5. The van der Waals surface area contributed by atoms with Gasteiger partial charge >= 0.3 is 6.03 Å². The third-order valence-corrected chi connectivity index (χ3v) is 5.40. The van der Waals surface area contributed by atoms with E-state index in [9.17, 15) is 4.79 Å². The lowest BCUT2D eigenvalue weighted by molar-refractivity contribution is 0.251. The molecule has 2 amide bonds. The molecule has 0 atom stereocenters. The van der Waals surface area contributed by atoms with Crippen LogP contribution in [0.3, 0.4) is 0 Å². The first-order valence-corrected chi connectivity index (χ1v) is 11.4. The Morgan fingerprint density at radius 3 is 2.62 bits per heavy atom. The number of aromatic nitrogens is 2. The number of benzene rings is 2. The number of rotatable bonds is 11. The van der Waals surface area contributed by atoms with Gasteiger partial charge in [-0.25, -0.2) is 9.78 Å². The second-order valence-electron chi connectivity index (χ2n) is 7.97. The number of urea groups is 1. The highest BCUT2D eigenvalue weighted by Crippen LogP contribution is 2.24. The van der Waals surface area contributed by atoms with Crippen LogP contribution in [-0.4, -0.2) is 28.7 Å². The van der Waals surface area contributed by atoms with E-state index in [1.807, 2.05) is 43.3 Å². The molecule has 0 saturated heterocycles. The Morgan fingerprint density at radius 1 is 1.03 bits per heavy atom. The zero-order chi connectivity index (χ0) is 22.8. The lowest BCUT2D eigenvalue weighted by Crippen LogP contribution is -2.29. The summed E-state index contributed by atoms with van der Waals surface area (Å²) in [5, 5.41) is 5.78. The van der Waals surface area contributed by atoms with Crippen molar-refractivity contribution in [3.05, 3.63) is 66.1 Å². The quantitative estimate of drug-likeness (QED) is 0.367. The van der Waals surface area contributed by atoms with E-state index in [1.165, 1.54) is 11.1 Å². The first-order chi connectivity index (χ1) is 15.6. The lowest BCUT2D eigenvalue weighted by Gasteiger charge is -2.13. The zero-order valence-corrected chi connectivity index (χ0v) is 19.4. The van der Waals surface area contributed by atoms with E-state index in [4.69, 9.17) is 9.72 Å². The summed E-state index contributed by atoms with van der Waals surface area (Å²) < 4.78 is 8.14. The molecular weight excluding hydrogens is 400 g/mol. The van der Waals surface area contributed by atoms with E-state index < -0.39 is 0 Å². The van der Waals surface area contributed by atoms with Crippen LogP contribution in [0, 0.1) is 13.8 Å². The number of para-hydroxylation sites is 2. The summed E-state index contributed by atoms with van der Waals surface area (Å²) in [5.41, 5.74) is 4.07. The van der Waals surface area contributed by atoms with Gasteiger partial charge in [0.15, 0.2) is 0 Å². The van der Waals surface area contributed by atoms with Crippen molar-refractivity contribution in [3.63, 3.8) is 0 Å². The fourth-order valence-corrected chi connectivity index (χ4v) is 3.58. The van der Waals surface area contributed by atoms with Crippen LogP contribution in [0.1, 0.15) is 44.0 Å². The van der Waals surface area contributed by atoms with Gasteiger partial charge in [0.05, 0.1) is 18.0 Å². The second kappa shape index (κ2) is 11.9. The van der Waals surface area contributed by atoms with Crippen LogP contribution in [0.25, 0.3) is 11.3 Å². The van der Waals surface area contributed by atoms with Crippen LogP contribution in [0.2, 0.25) is 0 Å². The predicted octanol–water partition coefficient (Wildman–Crippen LogP) is 5.95. The van der Waals surface area contributed by atoms with Gasteiger partial charge in [0.1, 0.15) is 11.6 Å². The maximum absolute atomic E-state index is 12.1. The molecule has 0 saturated carbocycles. The summed E-state index contributed by atoms with van der Waals surface area (Å²) in [6.45, 7) is 8.32. The summed E-state index contributed by atoms with van der Waals surface area (Å²) in [5.74, 6) is 1.67. The Balaban J connectivity index is 1.50. The number of ether oxygens (including phenoxy) is 1. The molecule has 0 spiro atoms. The van der Waals surface area contributed by atoms with Crippen molar-refractivity contribution in [3.8, 4) is 17.0 Å². The minimum Gasteiger partial charge on any atom is -0.491 e. The Bertz CT molecular complexity index is 1010. The van der Waals surface area contributed by atoms with Crippen molar-refractivity contribution >= 4 is 11.7 Å². The number of hydrogen-bond donors (Lipinski definition) is 2. The molecule has 2 aromatic carbocycles. The number of carbonyl (C=O) groups excluding carboxylic acids is 1. The van der Waals surface area contributed by atoms with Crippen molar-refractivity contribution in [1.29, 1.82) is 0 Å². The minimum atomic E-state index is -0.199. The molecule has 170 valence electrons. The molecule has 3 rings (SSSR count). The van der Waals surface area contributed by atoms with E-state index in [2.05, 4.69) is 47.4 Å². The maximum Gasteiger partial charge on any atom is 0.319 e. The lowest BCUT2D eigenvalue weighted by atomic mass is 10.1. The van der Waals surface area contributed by atoms with Crippen LogP contribution in [0.4, 0.5) is 10.5 Å². The molecule has 2 N–H and O–H groups in total. The molecule has 3 aromatic rings. The molecule has 0 radical (unpaired) electrons. The number of imidazole rings is 1. The SMILES string of the molecule is CCCCCNC(=O)Nc1ccccc1OCCCn1cc(-c2ccccc2C)nc1C. The van der Waals surface area contributed by atoms with E-state index in [0.29, 0.717) is 24.6 Å². The number of unbranched alkanes of at least 4 members (excludes halogenated alkanes) is 2. The van der Waals surface area contributed by atoms with Crippen molar-refractivity contribution in [2.45, 2.75) is 53.0 Å². The fourth-order valence-electron chi connectivity index (χ4n) is 3.58. The van der Waals surface area contributed by atoms with Gasteiger partial charge in [0.25, 0.3) is 0 Å². The van der Waals surface area contributed by atoms with Gasteiger partial charge in [-0.1, -0.05) is 56.2 Å². The molecule has 1 aromatic heterocycles. The number of nitrogens with zero attached hydrogens (tertiary/aromatic N) is 2. The minimum absolute atomic E-state index is 0.199. The number of nitrogens with one attached hydrogen (secondary N) is 2. The van der Waals surface area contributed by atoms with Gasteiger partial charge in [0, 0.05) is 24.8 Å². The monoisotopic (exact) mass is 434 g/mol. The Hall–Kier alpha value is -3.28. The molecule has 0 aliphatic carbocycles. The zero-order valence-electron chi connectivity index (χ0n) is 19.4. The highest BCUT2D eigenvalue weighted by Gasteiger charge is 2.09. The fraction of sp³-hybridized carbons (Fsp3) is 0.385. The average Bonchev–Trinajstić information content (AvgIpc) is 3.16. The molecule has 0 aliphatic rings. The second-order valence-corrected chi connectivity index (χ2v) is 7.97. The molecule has 0 bridgehead atoms. The van der Waals surface area contributed by atoms with E-state index >= 15 is 0 Å². The molecule has 1 heterocycles. The maximum atomic E-state index is 12.1. The number of hydrogen-bond acceptors (Lipinski definition) is 3. The number of carbonyl (C=O) groups is 1. The van der Waals surface area contributed by atoms with Gasteiger partial charge in [0.2, 0.25) is 0 Å². The standard InChI is InChI=1S/C26H34N4O2/c1-4-5-10-16-27-26(31)29-23-14-8-9-15-25(23)32-18-11-17-30-19-24(28-21(30)3)22-13-7-6-12-20(22)2/h6-9,12-15,19H,4-5,10-11,16-18H2,1-3H3,(H2,27,29,31). The van der Waals surface area contributed by atoms with Gasteiger partial charge in [-0.15, -0.1) is 0 Å². The summed E-state index contributed by atoms with van der Waals surface area (Å²) in [7, 11) is 0. The van der Waals surface area contributed by atoms with Gasteiger partial charge < -0.3 is 19.9 Å². The van der Waals surface area contributed by atoms with Crippen molar-refractivity contribution in [2.24, 2.45) is 0 Å². The highest BCUT2D eigenvalue weighted by molar-refractivity contribution is 5.90. The summed E-state index contributed by atoms with van der Waals surface area (Å²) >= 11 is 0. The smallest absolute Gasteiger partial charge is 0.319 e. The van der Waals surface area contributed by atoms with Crippen molar-refractivity contribution < 1.29 is 9.53 Å². The predicted molar refractivity (Wildman–Crippen MR) is 130 cm³/mol. The largest absolute Gasteiger partial charge is 0.491 e. The normalized spacial score (nSPS) is 10.7. The molecule has 6 heteroatoms. The third-order valence-electron chi connectivity index (χ3n) is 5.40. The van der Waals surface area contributed by atoms with Crippen LogP contribution < -0.4 is 15.4 Å². The van der Waals surface area contributed by atoms with E-state index in [-0.39, 0.29) is 6.03 Å². The molecule has 32 heavy (non-hydrogen) atoms. The Morgan fingerprint density at radius 2 is 1.81 bits per heavy atom. The molecule has 0 unspecified atom stereocenters. The van der Waals surface area contributed by atoms with E-state index in [1.54, 1.807) is 0 Å². The molecule has 0 fully saturated rings. The third kappa shape index (κ3) is 6.61. The van der Waals surface area contributed by atoms with E-state index in [0.717, 1.165) is 43.7 Å². The Labute approximate surface area is 191 Å². The van der Waals surface area contributed by atoms with Crippen molar-refractivity contribution in [2.75, 3.05) is 18.5 Å². The molecule has 6 nitrogen and oxygen atoms in total. The van der Waals surface area contributed by atoms with Gasteiger partial charge in [-0.05, 0) is 44.4 Å². The topological polar surface area (TPSA) is 68.2 Å². The number of anilines is 1.